The first-order valence-corrected chi connectivity index (χ1v) is 10.6. The molecule has 0 bridgehead atoms. The van der Waals surface area contributed by atoms with Crippen LogP contribution in [0.5, 0.6) is 11.5 Å². The molecule has 4 aromatic rings. The molecule has 0 unspecified atom stereocenters. The largest absolute Gasteiger partial charge is 0.507 e. The molecular weight excluding hydrogens is 421 g/mol. The molecule has 1 amide bonds. The van der Waals surface area contributed by atoms with E-state index in [9.17, 15) is 14.3 Å². The van der Waals surface area contributed by atoms with E-state index in [4.69, 9.17) is 4.74 Å². The van der Waals surface area contributed by atoms with Crippen LogP contribution in [0.2, 0.25) is 0 Å². The fourth-order valence-electron chi connectivity index (χ4n) is 4.37. The van der Waals surface area contributed by atoms with Gasteiger partial charge in [-0.15, -0.1) is 0 Å². The SMILES string of the molecule is COc1ccc(CCN2C(=O)c3[nH]nc(-c4ccccc4O)c3[C@H]2c2ccccc2F)cc1. The zero-order valence-corrected chi connectivity index (χ0v) is 18.0. The lowest BCUT2D eigenvalue weighted by atomic mass is 9.95. The van der Waals surface area contributed by atoms with Crippen LogP contribution in [0.1, 0.15) is 33.2 Å². The molecule has 6 nitrogen and oxygen atoms in total. The summed E-state index contributed by atoms with van der Waals surface area (Å²) in [7, 11) is 1.61. The summed E-state index contributed by atoms with van der Waals surface area (Å²) >= 11 is 0. The zero-order chi connectivity index (χ0) is 22.9. The first-order valence-electron chi connectivity index (χ1n) is 10.6. The lowest BCUT2D eigenvalue weighted by Gasteiger charge is -2.27. The van der Waals surface area contributed by atoms with Crippen molar-refractivity contribution >= 4 is 5.91 Å². The van der Waals surface area contributed by atoms with Crippen LogP contribution in [0.15, 0.2) is 72.8 Å². The molecule has 0 radical (unpaired) electrons. The smallest absolute Gasteiger partial charge is 0.273 e. The summed E-state index contributed by atoms with van der Waals surface area (Å²) in [5.41, 5.74) is 3.23. The van der Waals surface area contributed by atoms with Gasteiger partial charge in [-0.2, -0.15) is 5.10 Å². The van der Waals surface area contributed by atoms with Crippen molar-refractivity contribution in [1.82, 2.24) is 15.1 Å². The minimum Gasteiger partial charge on any atom is -0.507 e. The quantitative estimate of drug-likeness (QED) is 0.452. The maximum absolute atomic E-state index is 15.0. The Labute approximate surface area is 190 Å². The predicted octanol–water partition coefficient (Wildman–Crippen LogP) is 4.72. The Morgan fingerprint density at radius 2 is 1.79 bits per heavy atom. The molecule has 0 spiro atoms. The highest BCUT2D eigenvalue weighted by molar-refractivity contribution is 6.00. The van der Waals surface area contributed by atoms with Gasteiger partial charge in [0.15, 0.2) is 0 Å². The minimum absolute atomic E-state index is 0.0446. The van der Waals surface area contributed by atoms with E-state index in [0.29, 0.717) is 41.0 Å². The van der Waals surface area contributed by atoms with Crippen molar-refractivity contribution < 1.29 is 19.0 Å². The molecule has 5 rings (SSSR count). The number of phenolic OH excluding ortho intramolecular Hbond substituents is 1. The van der Waals surface area contributed by atoms with Crippen molar-refractivity contribution in [2.24, 2.45) is 0 Å². The van der Waals surface area contributed by atoms with Crippen molar-refractivity contribution in [3.8, 4) is 22.8 Å². The summed E-state index contributed by atoms with van der Waals surface area (Å²) in [6.45, 7) is 0.382. The van der Waals surface area contributed by atoms with E-state index < -0.39 is 11.9 Å². The Bertz CT molecular complexity index is 1320. The van der Waals surface area contributed by atoms with Gasteiger partial charge in [-0.1, -0.05) is 42.5 Å². The fourth-order valence-corrected chi connectivity index (χ4v) is 4.37. The third kappa shape index (κ3) is 3.61. The molecular formula is C26H22FN3O3. The third-order valence-corrected chi connectivity index (χ3v) is 6.02. The van der Waals surface area contributed by atoms with E-state index in [1.165, 1.54) is 6.07 Å². The maximum atomic E-state index is 15.0. The van der Waals surface area contributed by atoms with Gasteiger partial charge in [-0.25, -0.2) is 4.39 Å². The molecule has 1 aromatic heterocycles. The summed E-state index contributed by atoms with van der Waals surface area (Å²) in [5.74, 6) is 0.153. The summed E-state index contributed by atoms with van der Waals surface area (Å²) in [5, 5.41) is 17.6. The number of phenols is 1. The van der Waals surface area contributed by atoms with Crippen LogP contribution in [0.25, 0.3) is 11.3 Å². The molecule has 0 fully saturated rings. The monoisotopic (exact) mass is 443 g/mol. The molecule has 0 saturated heterocycles. The molecule has 1 aliphatic rings. The number of nitrogens with zero attached hydrogens (tertiary/aromatic N) is 2. The number of aromatic hydroxyl groups is 1. The minimum atomic E-state index is -0.666. The van der Waals surface area contributed by atoms with Gasteiger partial charge in [0.25, 0.3) is 5.91 Å². The van der Waals surface area contributed by atoms with E-state index in [2.05, 4.69) is 10.2 Å². The van der Waals surface area contributed by atoms with E-state index >= 15 is 0 Å². The van der Waals surface area contributed by atoms with Gasteiger partial charge < -0.3 is 14.7 Å². The first-order chi connectivity index (χ1) is 16.1. The van der Waals surface area contributed by atoms with Crippen LogP contribution in [0.3, 0.4) is 0 Å². The first kappa shape index (κ1) is 20.8. The molecule has 1 atom stereocenters. The van der Waals surface area contributed by atoms with Crippen molar-refractivity contribution in [2.45, 2.75) is 12.5 Å². The van der Waals surface area contributed by atoms with Gasteiger partial charge in [0, 0.05) is 23.2 Å². The van der Waals surface area contributed by atoms with Gasteiger partial charge >= 0.3 is 0 Å². The Morgan fingerprint density at radius 1 is 1.06 bits per heavy atom. The number of rotatable bonds is 6. The second-order valence-electron chi connectivity index (χ2n) is 7.90. The Kier molecular flexibility index (Phi) is 5.30. The number of fused-ring (bicyclic) bond motifs is 1. The number of hydrogen-bond donors (Lipinski definition) is 2. The number of methoxy groups -OCH3 is 1. The van der Waals surface area contributed by atoms with Gasteiger partial charge in [-0.05, 0) is 42.3 Å². The fraction of sp³-hybridized carbons (Fsp3) is 0.154. The lowest BCUT2D eigenvalue weighted by Crippen LogP contribution is -2.32. The molecule has 2 heterocycles. The number of amides is 1. The topological polar surface area (TPSA) is 78.5 Å². The number of ether oxygens (including phenoxy) is 1. The summed E-state index contributed by atoms with van der Waals surface area (Å²) in [6, 6.07) is 20.2. The van der Waals surface area contributed by atoms with Crippen molar-refractivity contribution in [3.63, 3.8) is 0 Å². The van der Waals surface area contributed by atoms with Crippen molar-refractivity contribution in [1.29, 1.82) is 0 Å². The summed E-state index contributed by atoms with van der Waals surface area (Å²) in [4.78, 5) is 15.1. The number of benzene rings is 3. The van der Waals surface area contributed by atoms with Gasteiger partial charge in [0.05, 0.1) is 13.2 Å². The number of hydrogen-bond acceptors (Lipinski definition) is 4. The van der Waals surface area contributed by atoms with Gasteiger partial charge in [0.2, 0.25) is 0 Å². The van der Waals surface area contributed by atoms with Crippen molar-refractivity contribution in [2.75, 3.05) is 13.7 Å². The molecule has 0 saturated carbocycles. The highest BCUT2D eigenvalue weighted by Crippen LogP contribution is 2.44. The second-order valence-corrected chi connectivity index (χ2v) is 7.90. The van der Waals surface area contributed by atoms with Gasteiger partial charge in [-0.3, -0.25) is 9.89 Å². The number of carbonyl (C=O) groups is 1. The average Bonchev–Trinajstić information content (AvgIpc) is 3.38. The predicted molar refractivity (Wildman–Crippen MR) is 122 cm³/mol. The lowest BCUT2D eigenvalue weighted by molar-refractivity contribution is 0.0744. The van der Waals surface area contributed by atoms with Crippen LogP contribution in [0.4, 0.5) is 4.39 Å². The number of halogens is 1. The zero-order valence-electron chi connectivity index (χ0n) is 18.0. The summed E-state index contributed by atoms with van der Waals surface area (Å²) in [6.07, 6.45) is 0.588. The average molecular weight is 443 g/mol. The molecule has 3 aromatic carbocycles. The van der Waals surface area contributed by atoms with Gasteiger partial charge in [0.1, 0.15) is 28.7 Å². The van der Waals surface area contributed by atoms with E-state index in [1.54, 1.807) is 54.5 Å². The van der Waals surface area contributed by atoms with E-state index in [-0.39, 0.29) is 11.7 Å². The van der Waals surface area contributed by atoms with Crippen LogP contribution >= 0.6 is 0 Å². The number of carbonyl (C=O) groups excluding carboxylic acids is 1. The third-order valence-electron chi connectivity index (χ3n) is 6.02. The summed E-state index contributed by atoms with van der Waals surface area (Å²) < 4.78 is 20.2. The maximum Gasteiger partial charge on any atom is 0.273 e. The molecule has 2 N–H and O–H groups in total. The Morgan fingerprint density at radius 3 is 2.52 bits per heavy atom. The van der Waals surface area contributed by atoms with Crippen LogP contribution in [0, 0.1) is 5.82 Å². The molecule has 7 heteroatoms. The normalized spacial score (nSPS) is 15.0. The molecule has 33 heavy (non-hydrogen) atoms. The molecule has 0 aliphatic carbocycles. The van der Waals surface area contributed by atoms with Crippen molar-refractivity contribution in [3.05, 3.63) is 101 Å². The number of H-pyrrole nitrogens is 1. The number of nitrogens with one attached hydrogen (secondary N) is 1. The highest BCUT2D eigenvalue weighted by atomic mass is 19.1. The number of aromatic amines is 1. The molecule has 1 aliphatic heterocycles. The van der Waals surface area contributed by atoms with Crippen LogP contribution in [-0.4, -0.2) is 39.8 Å². The number of para-hydroxylation sites is 1. The van der Waals surface area contributed by atoms with Crippen LogP contribution < -0.4 is 4.74 Å². The standard InChI is InChI=1S/C26H22FN3O3/c1-33-17-12-10-16(11-13-17)14-15-30-25(18-6-2-4-8-20(18)27)22-23(28-29-24(22)26(30)32)19-7-3-5-9-21(19)31/h2-13,25,31H,14-15H2,1H3,(H,28,29)/t25-/m1/s1. The number of aromatic nitrogens is 2. The molecule has 166 valence electrons. The highest BCUT2D eigenvalue weighted by Gasteiger charge is 2.43. The van der Waals surface area contributed by atoms with E-state index in [0.717, 1.165) is 11.3 Å². The Balaban J connectivity index is 1.56. The Hall–Kier alpha value is -4.13. The second kappa shape index (κ2) is 8.43. The van der Waals surface area contributed by atoms with Crippen LogP contribution in [-0.2, 0) is 6.42 Å². The van der Waals surface area contributed by atoms with E-state index in [1.807, 2.05) is 24.3 Å².